The van der Waals surface area contributed by atoms with Gasteiger partial charge in [0.2, 0.25) is 0 Å². The standard InChI is InChI=1S/C23H22ClFN2O2/c1-15(28)10-16-2-3-17(11-21(16)24)22-12-18(14-27-6-8-29-9-7-27)20-5-4-19(25)13-23(20)26-22/h2-5,11-13H,6-10,14H2,1H3. The van der Waals surface area contributed by atoms with E-state index < -0.39 is 0 Å². The number of carbonyl (C=O) groups is 1. The molecule has 0 bridgehead atoms. The van der Waals surface area contributed by atoms with Crippen molar-refractivity contribution in [2.45, 2.75) is 19.9 Å². The number of pyridine rings is 1. The van der Waals surface area contributed by atoms with Crippen LogP contribution in [0.5, 0.6) is 0 Å². The number of carbonyl (C=O) groups excluding carboxylic acids is 1. The Morgan fingerprint density at radius 3 is 2.66 bits per heavy atom. The average Bonchev–Trinajstić information content (AvgIpc) is 2.69. The first-order valence-corrected chi connectivity index (χ1v) is 10.0. The van der Waals surface area contributed by atoms with E-state index in [0.29, 0.717) is 17.0 Å². The van der Waals surface area contributed by atoms with E-state index in [1.807, 2.05) is 24.3 Å². The molecule has 0 radical (unpaired) electrons. The van der Waals surface area contributed by atoms with Crippen LogP contribution in [-0.4, -0.2) is 42.0 Å². The highest BCUT2D eigenvalue weighted by Crippen LogP contribution is 2.29. The number of nitrogens with zero attached hydrogens (tertiary/aromatic N) is 2. The second-order valence-electron chi connectivity index (χ2n) is 7.40. The lowest BCUT2D eigenvalue weighted by molar-refractivity contribution is -0.116. The molecule has 3 aromatic rings. The number of fused-ring (bicyclic) bond motifs is 1. The maximum Gasteiger partial charge on any atom is 0.134 e. The first-order valence-electron chi connectivity index (χ1n) is 9.67. The Hall–Kier alpha value is -2.34. The van der Waals surface area contributed by atoms with Crippen LogP contribution in [0.1, 0.15) is 18.1 Å². The van der Waals surface area contributed by atoms with E-state index in [2.05, 4.69) is 9.88 Å². The van der Waals surface area contributed by atoms with E-state index in [1.165, 1.54) is 12.1 Å². The minimum atomic E-state index is -0.311. The summed E-state index contributed by atoms with van der Waals surface area (Å²) in [4.78, 5) is 18.4. The van der Waals surface area contributed by atoms with Crippen molar-refractivity contribution in [1.29, 1.82) is 0 Å². The summed E-state index contributed by atoms with van der Waals surface area (Å²) in [5.41, 5.74) is 4.09. The molecule has 6 heteroatoms. The van der Waals surface area contributed by atoms with Crippen LogP contribution in [0, 0.1) is 5.82 Å². The van der Waals surface area contributed by atoms with Gasteiger partial charge in [0.1, 0.15) is 11.6 Å². The van der Waals surface area contributed by atoms with Crippen LogP contribution < -0.4 is 0 Å². The highest BCUT2D eigenvalue weighted by Gasteiger charge is 2.15. The third-order valence-electron chi connectivity index (χ3n) is 5.14. The molecule has 150 valence electrons. The highest BCUT2D eigenvalue weighted by molar-refractivity contribution is 6.31. The maximum atomic E-state index is 13.9. The molecule has 2 aromatic carbocycles. The third-order valence-corrected chi connectivity index (χ3v) is 5.50. The van der Waals surface area contributed by atoms with E-state index in [9.17, 15) is 9.18 Å². The summed E-state index contributed by atoms with van der Waals surface area (Å²) in [5.74, 6) is -0.249. The summed E-state index contributed by atoms with van der Waals surface area (Å²) in [6.07, 6.45) is 0.303. The monoisotopic (exact) mass is 412 g/mol. The number of Topliss-reactive ketones (excluding diaryl/α,β-unsaturated/α-hetero) is 1. The van der Waals surface area contributed by atoms with Crippen molar-refractivity contribution in [3.05, 3.63) is 64.4 Å². The number of halogens is 2. The number of ether oxygens (including phenoxy) is 1. The molecular weight excluding hydrogens is 391 g/mol. The van der Waals surface area contributed by atoms with Crippen LogP contribution >= 0.6 is 11.6 Å². The topological polar surface area (TPSA) is 42.4 Å². The molecule has 0 saturated carbocycles. The minimum absolute atomic E-state index is 0.0618. The number of aromatic nitrogens is 1. The zero-order valence-corrected chi connectivity index (χ0v) is 17.0. The van der Waals surface area contributed by atoms with Gasteiger partial charge in [-0.1, -0.05) is 23.7 Å². The Balaban J connectivity index is 1.76. The second kappa shape index (κ2) is 8.57. The van der Waals surface area contributed by atoms with Crippen LogP contribution in [0.3, 0.4) is 0 Å². The van der Waals surface area contributed by atoms with Gasteiger partial charge in [0.05, 0.1) is 24.4 Å². The molecular formula is C23H22ClFN2O2. The fourth-order valence-electron chi connectivity index (χ4n) is 3.67. The Morgan fingerprint density at radius 1 is 1.14 bits per heavy atom. The molecule has 0 unspecified atom stereocenters. The van der Waals surface area contributed by atoms with Gasteiger partial charge in [0.25, 0.3) is 0 Å². The van der Waals surface area contributed by atoms with Crippen LogP contribution in [0.2, 0.25) is 5.02 Å². The third kappa shape index (κ3) is 4.64. The number of hydrogen-bond acceptors (Lipinski definition) is 4. The molecule has 1 aliphatic rings. The van der Waals surface area contributed by atoms with Gasteiger partial charge in [-0.05, 0) is 42.3 Å². The normalized spacial score (nSPS) is 15.0. The molecule has 29 heavy (non-hydrogen) atoms. The number of ketones is 1. The summed E-state index contributed by atoms with van der Waals surface area (Å²) in [5, 5.41) is 1.48. The Bertz CT molecular complexity index is 1060. The highest BCUT2D eigenvalue weighted by atomic mass is 35.5. The number of benzene rings is 2. The summed E-state index contributed by atoms with van der Waals surface area (Å²) in [6, 6.07) is 12.4. The molecule has 1 aliphatic heterocycles. The number of morpholine rings is 1. The van der Waals surface area contributed by atoms with Gasteiger partial charge >= 0.3 is 0 Å². The predicted octanol–water partition coefficient (Wildman–Crippen LogP) is 4.66. The molecule has 1 saturated heterocycles. The summed E-state index contributed by atoms with van der Waals surface area (Å²) in [7, 11) is 0. The van der Waals surface area contributed by atoms with Crippen molar-refractivity contribution in [2.24, 2.45) is 0 Å². The lowest BCUT2D eigenvalue weighted by Crippen LogP contribution is -2.35. The van der Waals surface area contributed by atoms with E-state index in [-0.39, 0.29) is 11.6 Å². The largest absolute Gasteiger partial charge is 0.379 e. The van der Waals surface area contributed by atoms with Crippen molar-refractivity contribution in [3.63, 3.8) is 0 Å². The van der Waals surface area contributed by atoms with E-state index >= 15 is 0 Å². The van der Waals surface area contributed by atoms with Gasteiger partial charge in [-0.15, -0.1) is 0 Å². The molecule has 0 aliphatic carbocycles. The van der Waals surface area contributed by atoms with Gasteiger partial charge in [0, 0.05) is 48.1 Å². The van der Waals surface area contributed by atoms with Crippen LogP contribution in [-0.2, 0) is 22.5 Å². The van der Waals surface area contributed by atoms with E-state index in [4.69, 9.17) is 16.3 Å². The Morgan fingerprint density at radius 2 is 1.93 bits per heavy atom. The number of hydrogen-bond donors (Lipinski definition) is 0. The van der Waals surface area contributed by atoms with E-state index in [0.717, 1.165) is 60.6 Å². The molecule has 2 heterocycles. The van der Waals surface area contributed by atoms with Gasteiger partial charge in [-0.25, -0.2) is 9.37 Å². The van der Waals surface area contributed by atoms with Crippen molar-refractivity contribution in [1.82, 2.24) is 9.88 Å². The van der Waals surface area contributed by atoms with Crippen molar-refractivity contribution in [3.8, 4) is 11.3 Å². The average molecular weight is 413 g/mol. The molecule has 1 aromatic heterocycles. The molecule has 0 amide bonds. The molecule has 0 spiro atoms. The van der Waals surface area contributed by atoms with Crippen molar-refractivity contribution in [2.75, 3.05) is 26.3 Å². The minimum Gasteiger partial charge on any atom is -0.379 e. The summed E-state index contributed by atoms with van der Waals surface area (Å²) < 4.78 is 19.3. The smallest absolute Gasteiger partial charge is 0.134 e. The Labute approximate surface area is 174 Å². The van der Waals surface area contributed by atoms with Crippen molar-refractivity contribution < 1.29 is 13.9 Å². The predicted molar refractivity (Wildman–Crippen MR) is 113 cm³/mol. The number of rotatable bonds is 5. The molecule has 4 rings (SSSR count). The molecule has 1 fully saturated rings. The van der Waals surface area contributed by atoms with Crippen LogP contribution in [0.4, 0.5) is 4.39 Å². The SMILES string of the molecule is CC(=O)Cc1ccc(-c2cc(CN3CCOCC3)c3ccc(F)cc3n2)cc1Cl. The fraction of sp³-hybridized carbons (Fsp3) is 0.304. The van der Waals surface area contributed by atoms with Gasteiger partial charge in [-0.3, -0.25) is 9.69 Å². The summed E-state index contributed by atoms with van der Waals surface area (Å²) in [6.45, 7) is 5.46. The van der Waals surface area contributed by atoms with Crippen LogP contribution in [0.15, 0.2) is 42.5 Å². The lowest BCUT2D eigenvalue weighted by atomic mass is 10.0. The Kier molecular flexibility index (Phi) is 5.90. The first-order chi connectivity index (χ1) is 14.0. The van der Waals surface area contributed by atoms with Gasteiger partial charge < -0.3 is 4.74 Å². The van der Waals surface area contributed by atoms with Gasteiger partial charge in [-0.2, -0.15) is 0 Å². The fourth-order valence-corrected chi connectivity index (χ4v) is 3.92. The molecule has 4 nitrogen and oxygen atoms in total. The molecule has 0 atom stereocenters. The zero-order chi connectivity index (χ0) is 20.4. The maximum absolute atomic E-state index is 13.9. The first kappa shape index (κ1) is 20.0. The van der Waals surface area contributed by atoms with Crippen molar-refractivity contribution >= 4 is 28.3 Å². The van der Waals surface area contributed by atoms with Crippen LogP contribution in [0.25, 0.3) is 22.2 Å². The quantitative estimate of drug-likeness (QED) is 0.611. The summed E-state index contributed by atoms with van der Waals surface area (Å²) >= 11 is 6.40. The molecule has 0 N–H and O–H groups in total. The lowest BCUT2D eigenvalue weighted by Gasteiger charge is -2.27. The second-order valence-corrected chi connectivity index (χ2v) is 7.81. The zero-order valence-electron chi connectivity index (χ0n) is 16.3. The van der Waals surface area contributed by atoms with Gasteiger partial charge in [0.15, 0.2) is 0 Å². The van der Waals surface area contributed by atoms with E-state index in [1.54, 1.807) is 13.0 Å².